The van der Waals surface area contributed by atoms with Crippen LogP contribution < -0.4 is 16.0 Å². The molecule has 0 aliphatic carbocycles. The van der Waals surface area contributed by atoms with E-state index < -0.39 is 0 Å². The van der Waals surface area contributed by atoms with E-state index in [0.717, 1.165) is 43.7 Å². The fourth-order valence-corrected chi connectivity index (χ4v) is 2.73. The van der Waals surface area contributed by atoms with Crippen LogP contribution in [0.3, 0.4) is 0 Å². The molecular weight excluding hydrogens is 262 g/mol. The van der Waals surface area contributed by atoms with Crippen molar-refractivity contribution in [3.63, 3.8) is 0 Å². The van der Waals surface area contributed by atoms with Crippen molar-refractivity contribution < 1.29 is 4.79 Å². The molecule has 104 valence electrons. The molecule has 1 heterocycles. The second-order valence-corrected chi connectivity index (χ2v) is 5.24. The number of primary amides is 1. The van der Waals surface area contributed by atoms with Gasteiger partial charge in [0.15, 0.2) is 0 Å². The standard InChI is InChI=1S/C14H20ClN3O/c1-2-17-9-10-5-6-11(15)8-13(10)18-7-3-4-12(18)14(16)19/h5-6,8,12,17H,2-4,7,9H2,1H3,(H2,16,19). The Labute approximate surface area is 118 Å². The van der Waals surface area contributed by atoms with Gasteiger partial charge in [-0.25, -0.2) is 0 Å². The van der Waals surface area contributed by atoms with Crippen LogP contribution in [-0.2, 0) is 11.3 Å². The highest BCUT2D eigenvalue weighted by molar-refractivity contribution is 6.30. The van der Waals surface area contributed by atoms with Crippen molar-refractivity contribution in [1.82, 2.24) is 5.32 Å². The van der Waals surface area contributed by atoms with Crippen LogP contribution in [0, 0.1) is 0 Å². The van der Waals surface area contributed by atoms with Gasteiger partial charge in [0.25, 0.3) is 0 Å². The van der Waals surface area contributed by atoms with E-state index in [1.807, 2.05) is 18.2 Å². The summed E-state index contributed by atoms with van der Waals surface area (Å²) in [6.45, 7) is 4.59. The third-order valence-corrected chi connectivity index (χ3v) is 3.74. The van der Waals surface area contributed by atoms with Crippen molar-refractivity contribution in [3.8, 4) is 0 Å². The van der Waals surface area contributed by atoms with E-state index in [4.69, 9.17) is 17.3 Å². The van der Waals surface area contributed by atoms with E-state index in [1.165, 1.54) is 0 Å². The lowest BCUT2D eigenvalue weighted by Crippen LogP contribution is -2.41. The maximum atomic E-state index is 11.5. The van der Waals surface area contributed by atoms with Crippen molar-refractivity contribution in [2.75, 3.05) is 18.0 Å². The number of carbonyl (C=O) groups is 1. The van der Waals surface area contributed by atoms with Gasteiger partial charge in [-0.1, -0.05) is 24.6 Å². The minimum absolute atomic E-state index is 0.209. The minimum Gasteiger partial charge on any atom is -0.368 e. The maximum absolute atomic E-state index is 11.5. The number of hydrogen-bond acceptors (Lipinski definition) is 3. The highest BCUT2D eigenvalue weighted by atomic mass is 35.5. The van der Waals surface area contributed by atoms with E-state index in [1.54, 1.807) is 0 Å². The lowest BCUT2D eigenvalue weighted by molar-refractivity contribution is -0.119. The average molecular weight is 282 g/mol. The molecule has 1 amide bonds. The van der Waals surface area contributed by atoms with Crippen LogP contribution >= 0.6 is 11.6 Å². The molecule has 19 heavy (non-hydrogen) atoms. The van der Waals surface area contributed by atoms with Crippen LogP contribution in [-0.4, -0.2) is 25.0 Å². The van der Waals surface area contributed by atoms with E-state index in [9.17, 15) is 4.79 Å². The summed E-state index contributed by atoms with van der Waals surface area (Å²) in [5.41, 5.74) is 7.66. The fraction of sp³-hybridized carbons (Fsp3) is 0.500. The first-order valence-corrected chi connectivity index (χ1v) is 7.06. The molecule has 1 aromatic rings. The SMILES string of the molecule is CCNCc1ccc(Cl)cc1N1CCCC1C(N)=O. The van der Waals surface area contributed by atoms with Gasteiger partial charge in [0.2, 0.25) is 5.91 Å². The molecule has 5 heteroatoms. The second kappa shape index (κ2) is 6.26. The van der Waals surface area contributed by atoms with Gasteiger partial charge in [0.05, 0.1) is 0 Å². The molecule has 1 fully saturated rings. The maximum Gasteiger partial charge on any atom is 0.240 e. The fourth-order valence-electron chi connectivity index (χ4n) is 2.56. The number of nitrogens with zero attached hydrogens (tertiary/aromatic N) is 1. The largest absolute Gasteiger partial charge is 0.368 e. The van der Waals surface area contributed by atoms with Crippen LogP contribution in [0.15, 0.2) is 18.2 Å². The number of halogens is 1. The summed E-state index contributed by atoms with van der Waals surface area (Å²) in [7, 11) is 0. The Bertz CT molecular complexity index is 464. The summed E-state index contributed by atoms with van der Waals surface area (Å²) in [6, 6.07) is 5.61. The zero-order valence-electron chi connectivity index (χ0n) is 11.2. The molecule has 4 nitrogen and oxygen atoms in total. The molecule has 1 aliphatic heterocycles. The minimum atomic E-state index is -0.258. The Morgan fingerprint density at radius 1 is 1.58 bits per heavy atom. The predicted octanol–water partition coefficient (Wildman–Crippen LogP) is 1.90. The van der Waals surface area contributed by atoms with Crippen LogP contribution in [0.25, 0.3) is 0 Å². The summed E-state index contributed by atoms with van der Waals surface area (Å²) in [4.78, 5) is 13.6. The van der Waals surface area contributed by atoms with Crippen molar-refractivity contribution >= 4 is 23.2 Å². The number of nitrogens with one attached hydrogen (secondary N) is 1. The van der Waals surface area contributed by atoms with Crippen molar-refractivity contribution in [1.29, 1.82) is 0 Å². The number of amides is 1. The number of carbonyl (C=O) groups excluding carboxylic acids is 1. The van der Waals surface area contributed by atoms with Gasteiger partial charge < -0.3 is 16.0 Å². The van der Waals surface area contributed by atoms with Crippen LogP contribution in [0.4, 0.5) is 5.69 Å². The monoisotopic (exact) mass is 281 g/mol. The molecule has 0 saturated carbocycles. The summed E-state index contributed by atoms with van der Waals surface area (Å²) >= 11 is 6.09. The third kappa shape index (κ3) is 3.19. The van der Waals surface area contributed by atoms with Crippen LogP contribution in [0.5, 0.6) is 0 Å². The molecular formula is C14H20ClN3O. The van der Waals surface area contributed by atoms with Gasteiger partial charge in [-0.2, -0.15) is 0 Å². The highest BCUT2D eigenvalue weighted by Gasteiger charge is 2.30. The zero-order chi connectivity index (χ0) is 13.8. The Kier molecular flexibility index (Phi) is 4.66. The first kappa shape index (κ1) is 14.2. The third-order valence-electron chi connectivity index (χ3n) is 3.50. The van der Waals surface area contributed by atoms with E-state index >= 15 is 0 Å². The average Bonchev–Trinajstić information content (AvgIpc) is 2.86. The topological polar surface area (TPSA) is 58.4 Å². The predicted molar refractivity (Wildman–Crippen MR) is 78.4 cm³/mol. The first-order valence-electron chi connectivity index (χ1n) is 6.68. The molecule has 1 saturated heterocycles. The highest BCUT2D eigenvalue weighted by Crippen LogP contribution is 2.31. The number of anilines is 1. The molecule has 1 aliphatic rings. The van der Waals surface area contributed by atoms with Gasteiger partial charge in [-0.15, -0.1) is 0 Å². The summed E-state index contributed by atoms with van der Waals surface area (Å²) in [6.07, 6.45) is 1.81. The molecule has 1 unspecified atom stereocenters. The molecule has 0 spiro atoms. The van der Waals surface area contributed by atoms with E-state index in [2.05, 4.69) is 17.1 Å². The molecule has 2 rings (SSSR count). The number of rotatable bonds is 5. The molecule has 0 bridgehead atoms. The second-order valence-electron chi connectivity index (χ2n) is 4.81. The van der Waals surface area contributed by atoms with Gasteiger partial charge in [0, 0.05) is 23.8 Å². The molecule has 1 atom stereocenters. The smallest absolute Gasteiger partial charge is 0.240 e. The summed E-state index contributed by atoms with van der Waals surface area (Å²) < 4.78 is 0. The molecule has 0 aromatic heterocycles. The van der Waals surface area contributed by atoms with Crippen LogP contribution in [0.2, 0.25) is 5.02 Å². The Morgan fingerprint density at radius 3 is 3.05 bits per heavy atom. The lowest BCUT2D eigenvalue weighted by Gasteiger charge is -2.27. The quantitative estimate of drug-likeness (QED) is 0.867. The Morgan fingerprint density at radius 2 is 2.37 bits per heavy atom. The number of nitrogens with two attached hydrogens (primary N) is 1. The van der Waals surface area contributed by atoms with Crippen molar-refractivity contribution in [2.45, 2.75) is 32.4 Å². The van der Waals surface area contributed by atoms with E-state index in [0.29, 0.717) is 5.02 Å². The number of hydrogen-bond donors (Lipinski definition) is 2. The lowest BCUT2D eigenvalue weighted by atomic mass is 10.1. The Balaban J connectivity index is 2.30. The van der Waals surface area contributed by atoms with Crippen LogP contribution in [0.1, 0.15) is 25.3 Å². The molecule has 1 aromatic carbocycles. The summed E-state index contributed by atoms with van der Waals surface area (Å²) in [5.74, 6) is -0.258. The normalized spacial score (nSPS) is 18.8. The van der Waals surface area contributed by atoms with Gasteiger partial charge >= 0.3 is 0 Å². The number of benzene rings is 1. The first-order chi connectivity index (χ1) is 9.13. The van der Waals surface area contributed by atoms with Gasteiger partial charge in [-0.05, 0) is 37.1 Å². The van der Waals surface area contributed by atoms with Gasteiger partial charge in [0.1, 0.15) is 6.04 Å². The van der Waals surface area contributed by atoms with Crippen molar-refractivity contribution in [2.24, 2.45) is 5.73 Å². The molecule has 0 radical (unpaired) electrons. The van der Waals surface area contributed by atoms with Gasteiger partial charge in [-0.3, -0.25) is 4.79 Å². The van der Waals surface area contributed by atoms with E-state index in [-0.39, 0.29) is 11.9 Å². The van der Waals surface area contributed by atoms with Crippen molar-refractivity contribution in [3.05, 3.63) is 28.8 Å². The Hall–Kier alpha value is -1.26. The summed E-state index contributed by atoms with van der Waals surface area (Å²) in [5, 5.41) is 3.99. The molecule has 3 N–H and O–H groups in total. The zero-order valence-corrected chi connectivity index (χ0v) is 11.9.